The van der Waals surface area contributed by atoms with E-state index in [9.17, 15) is 10.1 Å². The maximum atomic E-state index is 10.2. The van der Waals surface area contributed by atoms with Gasteiger partial charge in [0.2, 0.25) is 6.20 Å². The summed E-state index contributed by atoms with van der Waals surface area (Å²) in [7, 11) is 0. The molecule has 0 saturated heterocycles. The normalized spacial score (nSPS) is 10.8. The molecule has 2 aromatic rings. The highest BCUT2D eigenvalue weighted by Gasteiger charge is 1.97. The number of benzene rings is 2. The Labute approximate surface area is 116 Å². The number of nitro groups is 1. The van der Waals surface area contributed by atoms with Gasteiger partial charge in [-0.2, -0.15) is 0 Å². The molecule has 0 amide bonds. The molecule has 0 heterocycles. The number of rotatable bonds is 4. The third-order valence-electron chi connectivity index (χ3n) is 2.53. The highest BCUT2D eigenvalue weighted by molar-refractivity contribution is 7.99. The van der Waals surface area contributed by atoms with Crippen LogP contribution in [0.1, 0.15) is 11.1 Å². The van der Waals surface area contributed by atoms with Gasteiger partial charge >= 0.3 is 0 Å². The quantitative estimate of drug-likeness (QED) is 0.611. The number of hydrogen-bond donors (Lipinski definition) is 0. The van der Waals surface area contributed by atoms with Crippen LogP contribution in [0.15, 0.2) is 64.5 Å². The van der Waals surface area contributed by atoms with Gasteiger partial charge in [-0.3, -0.25) is 10.1 Å². The fourth-order valence-corrected chi connectivity index (χ4v) is 2.35. The lowest BCUT2D eigenvalue weighted by Gasteiger charge is -2.02. The summed E-state index contributed by atoms with van der Waals surface area (Å²) in [5.41, 5.74) is 2.06. The van der Waals surface area contributed by atoms with Crippen LogP contribution in [0.4, 0.5) is 0 Å². The lowest BCUT2D eigenvalue weighted by atomic mass is 10.2. The van der Waals surface area contributed by atoms with Crippen molar-refractivity contribution in [3.8, 4) is 0 Å². The first kappa shape index (κ1) is 13.4. The highest BCUT2D eigenvalue weighted by Crippen LogP contribution is 2.27. The summed E-state index contributed by atoms with van der Waals surface area (Å²) in [6.07, 6.45) is 2.43. The first-order valence-corrected chi connectivity index (χ1v) is 6.61. The Bertz CT molecular complexity index is 589. The lowest BCUT2D eigenvalue weighted by Crippen LogP contribution is -1.82. The molecule has 0 aromatic heterocycles. The van der Waals surface area contributed by atoms with Crippen molar-refractivity contribution in [1.29, 1.82) is 0 Å². The Balaban J connectivity index is 2.06. The second-order valence-electron chi connectivity index (χ2n) is 4.09. The highest BCUT2D eigenvalue weighted by atomic mass is 32.2. The van der Waals surface area contributed by atoms with Gasteiger partial charge in [0.05, 0.1) is 4.92 Å². The Morgan fingerprint density at radius 2 is 1.53 bits per heavy atom. The smallest absolute Gasteiger partial charge is 0.235 e. The molecule has 0 saturated carbocycles. The summed E-state index contributed by atoms with van der Waals surface area (Å²) in [5, 5.41) is 10.2. The summed E-state index contributed by atoms with van der Waals surface area (Å²) in [6.45, 7) is 2.06. The van der Waals surface area contributed by atoms with Gasteiger partial charge in [-0.25, -0.2) is 0 Å². The molecular weight excluding hydrogens is 258 g/mol. The summed E-state index contributed by atoms with van der Waals surface area (Å²) in [6, 6.07) is 16.0. The average Bonchev–Trinajstić information content (AvgIpc) is 2.40. The van der Waals surface area contributed by atoms with E-state index in [1.807, 2.05) is 24.3 Å². The van der Waals surface area contributed by atoms with E-state index in [-0.39, 0.29) is 0 Å². The number of hydrogen-bond acceptors (Lipinski definition) is 3. The Kier molecular flexibility index (Phi) is 4.36. The molecule has 0 N–H and O–H groups in total. The Hall–Kier alpha value is -2.07. The molecule has 19 heavy (non-hydrogen) atoms. The minimum Gasteiger partial charge on any atom is -0.259 e. The SMILES string of the molecule is Cc1ccc(Sc2ccc(/C=C\[N+](=O)[O-])cc2)cc1. The Morgan fingerprint density at radius 3 is 2.05 bits per heavy atom. The third kappa shape index (κ3) is 4.26. The maximum absolute atomic E-state index is 10.2. The molecule has 0 atom stereocenters. The zero-order valence-corrected chi connectivity index (χ0v) is 11.3. The maximum Gasteiger partial charge on any atom is 0.235 e. The molecule has 0 bridgehead atoms. The van der Waals surface area contributed by atoms with Crippen molar-refractivity contribution < 1.29 is 4.92 Å². The van der Waals surface area contributed by atoms with E-state index in [1.54, 1.807) is 11.8 Å². The lowest BCUT2D eigenvalue weighted by molar-refractivity contribution is -0.400. The van der Waals surface area contributed by atoms with E-state index >= 15 is 0 Å². The monoisotopic (exact) mass is 271 g/mol. The zero-order valence-electron chi connectivity index (χ0n) is 10.4. The fourth-order valence-electron chi connectivity index (χ4n) is 1.54. The largest absolute Gasteiger partial charge is 0.259 e. The third-order valence-corrected chi connectivity index (χ3v) is 3.54. The van der Waals surface area contributed by atoms with E-state index in [2.05, 4.69) is 31.2 Å². The Morgan fingerprint density at radius 1 is 1.00 bits per heavy atom. The molecule has 0 radical (unpaired) electrons. The van der Waals surface area contributed by atoms with Crippen molar-refractivity contribution >= 4 is 17.8 Å². The van der Waals surface area contributed by atoms with Crippen LogP contribution in [0, 0.1) is 17.0 Å². The molecule has 0 aliphatic carbocycles. The van der Waals surface area contributed by atoms with Crippen molar-refractivity contribution in [2.75, 3.05) is 0 Å². The summed E-state index contributed by atoms with van der Waals surface area (Å²) in [4.78, 5) is 12.1. The van der Waals surface area contributed by atoms with E-state index in [0.717, 1.165) is 16.7 Å². The standard InChI is InChI=1S/C15H13NO2S/c1-12-2-6-14(7-3-12)19-15-8-4-13(5-9-15)10-11-16(17)18/h2-11H,1H3/b11-10-. The summed E-state index contributed by atoms with van der Waals surface area (Å²) < 4.78 is 0. The van der Waals surface area contributed by atoms with E-state index in [4.69, 9.17) is 0 Å². The zero-order chi connectivity index (χ0) is 13.7. The number of aryl methyl sites for hydroxylation is 1. The molecule has 2 rings (SSSR count). The van der Waals surface area contributed by atoms with E-state index in [0.29, 0.717) is 0 Å². The van der Waals surface area contributed by atoms with Crippen LogP contribution in [0.2, 0.25) is 0 Å². The van der Waals surface area contributed by atoms with Gasteiger partial charge in [-0.1, -0.05) is 41.6 Å². The molecule has 2 aromatic carbocycles. The fraction of sp³-hybridized carbons (Fsp3) is 0.0667. The van der Waals surface area contributed by atoms with Crippen LogP contribution in [0.3, 0.4) is 0 Å². The molecule has 0 spiro atoms. The van der Waals surface area contributed by atoms with Gasteiger partial charge in [0.25, 0.3) is 0 Å². The van der Waals surface area contributed by atoms with Gasteiger partial charge in [-0.15, -0.1) is 0 Å². The van der Waals surface area contributed by atoms with Gasteiger partial charge in [0.15, 0.2) is 0 Å². The van der Waals surface area contributed by atoms with Crippen molar-refractivity contribution in [2.45, 2.75) is 16.7 Å². The minimum absolute atomic E-state index is 0.463. The molecule has 4 heteroatoms. The van der Waals surface area contributed by atoms with Crippen LogP contribution in [0.25, 0.3) is 6.08 Å². The van der Waals surface area contributed by atoms with Gasteiger partial charge in [-0.05, 0) is 36.8 Å². The number of nitrogens with zero attached hydrogens (tertiary/aromatic N) is 1. The average molecular weight is 271 g/mol. The predicted octanol–water partition coefficient (Wildman–Crippen LogP) is 4.39. The second-order valence-corrected chi connectivity index (χ2v) is 5.23. The van der Waals surface area contributed by atoms with Crippen LogP contribution in [0.5, 0.6) is 0 Å². The molecule has 3 nitrogen and oxygen atoms in total. The molecule has 0 aliphatic heterocycles. The topological polar surface area (TPSA) is 43.1 Å². The van der Waals surface area contributed by atoms with Crippen molar-refractivity contribution in [3.05, 3.63) is 76.0 Å². The van der Waals surface area contributed by atoms with E-state index in [1.165, 1.54) is 16.5 Å². The molecule has 0 fully saturated rings. The first-order chi connectivity index (χ1) is 9.13. The van der Waals surface area contributed by atoms with Gasteiger partial charge < -0.3 is 0 Å². The van der Waals surface area contributed by atoms with Crippen molar-refractivity contribution in [1.82, 2.24) is 0 Å². The van der Waals surface area contributed by atoms with Gasteiger partial charge in [0.1, 0.15) is 0 Å². The van der Waals surface area contributed by atoms with Gasteiger partial charge in [0, 0.05) is 15.9 Å². The van der Waals surface area contributed by atoms with Crippen LogP contribution in [-0.4, -0.2) is 4.92 Å². The minimum atomic E-state index is -0.463. The molecule has 0 unspecified atom stereocenters. The van der Waals surface area contributed by atoms with Crippen molar-refractivity contribution in [3.63, 3.8) is 0 Å². The van der Waals surface area contributed by atoms with Crippen LogP contribution in [-0.2, 0) is 0 Å². The van der Waals surface area contributed by atoms with E-state index < -0.39 is 4.92 Å². The van der Waals surface area contributed by atoms with Crippen LogP contribution < -0.4 is 0 Å². The first-order valence-electron chi connectivity index (χ1n) is 5.80. The molecule has 0 aliphatic rings. The van der Waals surface area contributed by atoms with Crippen LogP contribution >= 0.6 is 11.8 Å². The van der Waals surface area contributed by atoms with Crippen molar-refractivity contribution in [2.24, 2.45) is 0 Å². The summed E-state index contributed by atoms with van der Waals surface area (Å²) in [5.74, 6) is 0. The predicted molar refractivity (Wildman–Crippen MR) is 77.8 cm³/mol. The molecular formula is C15H13NO2S. The summed E-state index contributed by atoms with van der Waals surface area (Å²) >= 11 is 1.67. The molecule has 96 valence electrons. The second kappa shape index (κ2) is 6.20.